The van der Waals surface area contributed by atoms with Gasteiger partial charge in [0.05, 0.1) is 12.2 Å². The molecular formula is C7H14OS. The zero-order valence-electron chi connectivity index (χ0n) is 6.09. The molecule has 2 unspecified atom stereocenters. The second-order valence-corrected chi connectivity index (χ2v) is 3.51. The molecule has 0 spiro atoms. The summed E-state index contributed by atoms with van der Waals surface area (Å²) < 4.78 is 5.58. The third-order valence-electron chi connectivity index (χ3n) is 1.67. The summed E-state index contributed by atoms with van der Waals surface area (Å²) in [5.74, 6) is 1.17. The molecule has 0 saturated carbocycles. The molecule has 1 fully saturated rings. The molecule has 0 amide bonds. The molecule has 0 aromatic heterocycles. The average Bonchev–Trinajstić information content (AvgIpc) is 2.17. The lowest BCUT2D eigenvalue weighted by Gasteiger charge is -2.07. The second-order valence-electron chi connectivity index (χ2n) is 2.60. The van der Waals surface area contributed by atoms with Gasteiger partial charge in [-0.2, -0.15) is 11.8 Å². The van der Waals surface area contributed by atoms with Crippen LogP contribution in [-0.4, -0.2) is 24.2 Å². The van der Waals surface area contributed by atoms with Crippen LogP contribution in [0.1, 0.15) is 19.8 Å². The fraction of sp³-hybridized carbons (Fsp3) is 1.00. The van der Waals surface area contributed by atoms with E-state index in [-0.39, 0.29) is 0 Å². The lowest BCUT2D eigenvalue weighted by atomic mass is 10.2. The van der Waals surface area contributed by atoms with E-state index in [0.717, 1.165) is 0 Å². The normalized spacial score (nSPS) is 35.3. The molecule has 54 valence electrons. The quantitative estimate of drug-likeness (QED) is 0.588. The number of ether oxygens (including phenoxy) is 1. The summed E-state index contributed by atoms with van der Waals surface area (Å²) >= 11 is 1.88. The van der Waals surface area contributed by atoms with Crippen molar-refractivity contribution in [3.05, 3.63) is 0 Å². The highest BCUT2D eigenvalue weighted by atomic mass is 32.2. The summed E-state index contributed by atoms with van der Waals surface area (Å²) in [6.45, 7) is 2.15. The van der Waals surface area contributed by atoms with E-state index in [1.807, 2.05) is 11.8 Å². The van der Waals surface area contributed by atoms with Gasteiger partial charge in [0.1, 0.15) is 0 Å². The van der Waals surface area contributed by atoms with Crippen LogP contribution < -0.4 is 0 Å². The van der Waals surface area contributed by atoms with E-state index in [9.17, 15) is 0 Å². The maximum atomic E-state index is 5.58. The number of hydrogen-bond donors (Lipinski definition) is 0. The molecule has 0 aromatic carbocycles. The van der Waals surface area contributed by atoms with Crippen LogP contribution in [0.2, 0.25) is 0 Å². The van der Waals surface area contributed by atoms with Crippen LogP contribution in [0.5, 0.6) is 0 Å². The molecule has 2 heteroatoms. The highest BCUT2D eigenvalue weighted by Crippen LogP contribution is 2.20. The van der Waals surface area contributed by atoms with Crippen molar-refractivity contribution >= 4 is 11.8 Å². The van der Waals surface area contributed by atoms with Crippen molar-refractivity contribution in [2.75, 3.05) is 12.0 Å². The molecular weight excluding hydrogens is 132 g/mol. The lowest BCUT2D eigenvalue weighted by Crippen LogP contribution is -2.10. The molecule has 0 radical (unpaired) electrons. The summed E-state index contributed by atoms with van der Waals surface area (Å²) in [7, 11) is 0. The van der Waals surface area contributed by atoms with Gasteiger partial charge in [-0.25, -0.2) is 0 Å². The molecule has 2 atom stereocenters. The van der Waals surface area contributed by atoms with Gasteiger partial charge < -0.3 is 4.74 Å². The molecule has 1 rings (SSSR count). The standard InChI is InChI=1S/C7H14OS/c1-6-3-4-7(8-6)5-9-2/h6-7H,3-5H2,1-2H3. The van der Waals surface area contributed by atoms with E-state index >= 15 is 0 Å². The molecule has 1 saturated heterocycles. The Bertz CT molecular complexity index is 83.0. The first-order valence-corrected chi connectivity index (χ1v) is 4.86. The third-order valence-corrected chi connectivity index (χ3v) is 2.38. The summed E-state index contributed by atoms with van der Waals surface area (Å²) in [5.41, 5.74) is 0. The largest absolute Gasteiger partial charge is 0.374 e. The Kier molecular flexibility index (Phi) is 2.86. The number of hydrogen-bond acceptors (Lipinski definition) is 2. The zero-order chi connectivity index (χ0) is 6.69. The zero-order valence-corrected chi connectivity index (χ0v) is 6.91. The Morgan fingerprint density at radius 3 is 2.78 bits per heavy atom. The Hall–Kier alpha value is 0.310. The van der Waals surface area contributed by atoms with Crippen LogP contribution in [0, 0.1) is 0 Å². The van der Waals surface area contributed by atoms with Crippen molar-refractivity contribution < 1.29 is 4.74 Å². The SMILES string of the molecule is CSCC1CCC(C)O1. The van der Waals surface area contributed by atoms with Gasteiger partial charge in [0.15, 0.2) is 0 Å². The molecule has 9 heavy (non-hydrogen) atoms. The van der Waals surface area contributed by atoms with Gasteiger partial charge >= 0.3 is 0 Å². The topological polar surface area (TPSA) is 9.23 Å². The molecule has 1 aliphatic heterocycles. The molecule has 1 aliphatic rings. The van der Waals surface area contributed by atoms with Crippen molar-refractivity contribution in [1.82, 2.24) is 0 Å². The minimum Gasteiger partial charge on any atom is -0.374 e. The minimum atomic E-state index is 0.516. The summed E-state index contributed by atoms with van der Waals surface area (Å²) in [6.07, 6.45) is 5.72. The van der Waals surface area contributed by atoms with Gasteiger partial charge in [-0.3, -0.25) is 0 Å². The minimum absolute atomic E-state index is 0.516. The van der Waals surface area contributed by atoms with Crippen LogP contribution in [-0.2, 0) is 4.74 Å². The fourth-order valence-electron chi connectivity index (χ4n) is 1.19. The van der Waals surface area contributed by atoms with Gasteiger partial charge in [-0.15, -0.1) is 0 Å². The van der Waals surface area contributed by atoms with Crippen molar-refractivity contribution in [3.8, 4) is 0 Å². The lowest BCUT2D eigenvalue weighted by molar-refractivity contribution is 0.0700. The fourth-order valence-corrected chi connectivity index (χ4v) is 1.81. The Morgan fingerprint density at radius 2 is 2.33 bits per heavy atom. The maximum absolute atomic E-state index is 5.58. The molecule has 0 bridgehead atoms. The first-order chi connectivity index (χ1) is 4.33. The summed E-state index contributed by atoms with van der Waals surface area (Å²) in [4.78, 5) is 0. The first-order valence-electron chi connectivity index (χ1n) is 3.47. The Morgan fingerprint density at radius 1 is 1.56 bits per heavy atom. The van der Waals surface area contributed by atoms with Crippen molar-refractivity contribution in [1.29, 1.82) is 0 Å². The summed E-state index contributed by atoms with van der Waals surface area (Å²) in [5, 5.41) is 0. The average molecular weight is 146 g/mol. The highest BCUT2D eigenvalue weighted by Gasteiger charge is 2.20. The smallest absolute Gasteiger partial charge is 0.0669 e. The van der Waals surface area contributed by atoms with Crippen molar-refractivity contribution in [3.63, 3.8) is 0 Å². The van der Waals surface area contributed by atoms with E-state index in [2.05, 4.69) is 13.2 Å². The summed E-state index contributed by atoms with van der Waals surface area (Å²) in [6, 6.07) is 0. The maximum Gasteiger partial charge on any atom is 0.0669 e. The number of thioether (sulfide) groups is 1. The van der Waals surface area contributed by atoms with Gasteiger partial charge in [0, 0.05) is 5.75 Å². The van der Waals surface area contributed by atoms with Gasteiger partial charge in [-0.05, 0) is 26.0 Å². The van der Waals surface area contributed by atoms with Gasteiger partial charge in [-0.1, -0.05) is 0 Å². The molecule has 0 aromatic rings. The van der Waals surface area contributed by atoms with E-state index in [0.29, 0.717) is 12.2 Å². The van der Waals surface area contributed by atoms with E-state index in [4.69, 9.17) is 4.74 Å². The highest BCUT2D eigenvalue weighted by molar-refractivity contribution is 7.98. The Labute approximate surface area is 61.2 Å². The van der Waals surface area contributed by atoms with E-state index in [1.54, 1.807) is 0 Å². The van der Waals surface area contributed by atoms with Crippen molar-refractivity contribution in [2.45, 2.75) is 32.0 Å². The molecule has 1 heterocycles. The Balaban J connectivity index is 2.14. The third kappa shape index (κ3) is 2.18. The van der Waals surface area contributed by atoms with Gasteiger partial charge in [0.2, 0.25) is 0 Å². The molecule has 0 N–H and O–H groups in total. The van der Waals surface area contributed by atoms with Crippen LogP contribution >= 0.6 is 11.8 Å². The number of rotatable bonds is 2. The van der Waals surface area contributed by atoms with Crippen LogP contribution in [0.25, 0.3) is 0 Å². The predicted octanol–water partition coefficient (Wildman–Crippen LogP) is 1.92. The van der Waals surface area contributed by atoms with Crippen LogP contribution in [0.15, 0.2) is 0 Å². The van der Waals surface area contributed by atoms with Crippen molar-refractivity contribution in [2.24, 2.45) is 0 Å². The molecule has 1 nitrogen and oxygen atoms in total. The van der Waals surface area contributed by atoms with Gasteiger partial charge in [0.25, 0.3) is 0 Å². The van der Waals surface area contributed by atoms with Crippen LogP contribution in [0.3, 0.4) is 0 Å². The predicted molar refractivity (Wildman–Crippen MR) is 42.0 cm³/mol. The molecule has 0 aliphatic carbocycles. The monoisotopic (exact) mass is 146 g/mol. The second kappa shape index (κ2) is 3.47. The van der Waals surface area contributed by atoms with Crippen LogP contribution in [0.4, 0.5) is 0 Å². The van der Waals surface area contributed by atoms with E-state index < -0.39 is 0 Å². The van der Waals surface area contributed by atoms with E-state index in [1.165, 1.54) is 18.6 Å². The first kappa shape index (κ1) is 7.42.